The number of carbonyl (C=O) groups excluding carboxylic acids is 1. The van der Waals surface area contributed by atoms with Gasteiger partial charge in [-0.15, -0.1) is 13.2 Å². The number of nitrogens with zero attached hydrogens (tertiary/aromatic N) is 1. The molecule has 0 radical (unpaired) electrons. The molecular weight excluding hydrogens is 347 g/mol. The number of hydrogen-bond donors (Lipinski definition) is 1. The Labute approximate surface area is 150 Å². The van der Waals surface area contributed by atoms with Crippen molar-refractivity contribution >= 4 is 5.91 Å². The van der Waals surface area contributed by atoms with Crippen molar-refractivity contribution in [3.8, 4) is 5.75 Å². The van der Waals surface area contributed by atoms with Crippen LogP contribution in [0.25, 0.3) is 0 Å². The molecule has 1 saturated carbocycles. The van der Waals surface area contributed by atoms with Crippen molar-refractivity contribution in [3.63, 3.8) is 0 Å². The molecule has 0 aromatic heterocycles. The summed E-state index contributed by atoms with van der Waals surface area (Å²) in [4.78, 5) is 14.3. The summed E-state index contributed by atoms with van der Waals surface area (Å²) >= 11 is 0. The van der Waals surface area contributed by atoms with Crippen LogP contribution in [-0.4, -0.2) is 41.0 Å². The highest BCUT2D eigenvalue weighted by Crippen LogP contribution is 2.40. The number of amides is 1. The number of alkyl halides is 3. The molecule has 1 amide bonds. The fourth-order valence-electron chi connectivity index (χ4n) is 3.97. The Balaban J connectivity index is 1.60. The quantitative estimate of drug-likeness (QED) is 0.880. The van der Waals surface area contributed by atoms with E-state index in [0.717, 1.165) is 5.56 Å². The number of ether oxygens (including phenoxy) is 1. The van der Waals surface area contributed by atoms with Crippen LogP contribution < -0.4 is 4.74 Å². The van der Waals surface area contributed by atoms with Crippen molar-refractivity contribution in [2.45, 2.75) is 57.4 Å². The summed E-state index contributed by atoms with van der Waals surface area (Å²) in [6.45, 7) is 4.50. The van der Waals surface area contributed by atoms with Gasteiger partial charge in [-0.1, -0.05) is 12.1 Å². The molecule has 1 aromatic carbocycles. The Morgan fingerprint density at radius 3 is 2.42 bits per heavy atom. The zero-order chi connectivity index (χ0) is 19.1. The summed E-state index contributed by atoms with van der Waals surface area (Å²) in [5, 5.41) is 9.79. The lowest BCUT2D eigenvalue weighted by Crippen LogP contribution is -2.51. The molecule has 3 rings (SSSR count). The number of aliphatic hydroxyl groups is 1. The minimum absolute atomic E-state index is 0.0833. The summed E-state index contributed by atoms with van der Waals surface area (Å²) in [5.41, 5.74) is 0.527. The largest absolute Gasteiger partial charge is 0.573 e. The van der Waals surface area contributed by atoms with Crippen molar-refractivity contribution < 1.29 is 27.8 Å². The number of likely N-dealkylation sites (tertiary alicyclic amines) is 1. The van der Waals surface area contributed by atoms with E-state index in [-0.39, 0.29) is 23.5 Å². The van der Waals surface area contributed by atoms with E-state index in [1.165, 1.54) is 6.07 Å². The molecule has 144 valence electrons. The molecule has 0 bridgehead atoms. The van der Waals surface area contributed by atoms with Crippen molar-refractivity contribution in [1.82, 2.24) is 4.90 Å². The SMILES string of the molecule is Cc1ccc(C2CCN(C(=O)[C@H]3C[C@@](C)(O)C3)CC2)cc1OC(F)(F)F. The van der Waals surface area contributed by atoms with Gasteiger partial charge in [0.2, 0.25) is 5.91 Å². The standard InChI is InChI=1S/C19H24F3NO3/c1-12-3-4-14(9-16(12)26-19(20,21)22)13-5-7-23(8-6-13)17(24)15-10-18(2,25)11-15/h3-4,9,13,15,25H,5-8,10-11H2,1-2H3/t15-,18+. The maximum atomic E-state index is 12.5. The maximum absolute atomic E-state index is 12.5. The average molecular weight is 371 g/mol. The van der Waals surface area contributed by atoms with Gasteiger partial charge in [0, 0.05) is 19.0 Å². The van der Waals surface area contributed by atoms with E-state index in [1.807, 2.05) is 11.0 Å². The van der Waals surface area contributed by atoms with Gasteiger partial charge in [-0.3, -0.25) is 4.79 Å². The summed E-state index contributed by atoms with van der Waals surface area (Å²) in [5.74, 6) is -0.0716. The summed E-state index contributed by atoms with van der Waals surface area (Å²) in [6, 6.07) is 4.95. The van der Waals surface area contributed by atoms with Crippen LogP contribution in [0.2, 0.25) is 0 Å². The first-order chi connectivity index (χ1) is 12.0. The molecule has 0 spiro atoms. The molecule has 7 heteroatoms. The number of aryl methyl sites for hydroxylation is 1. The topological polar surface area (TPSA) is 49.8 Å². The van der Waals surface area contributed by atoms with Crippen molar-refractivity contribution in [3.05, 3.63) is 29.3 Å². The van der Waals surface area contributed by atoms with Crippen molar-refractivity contribution in [2.75, 3.05) is 13.1 Å². The first-order valence-electron chi connectivity index (χ1n) is 8.91. The first-order valence-corrected chi connectivity index (χ1v) is 8.91. The van der Waals surface area contributed by atoms with E-state index in [4.69, 9.17) is 0 Å². The number of carbonyl (C=O) groups is 1. The van der Waals surface area contributed by atoms with E-state index >= 15 is 0 Å². The van der Waals surface area contributed by atoms with Gasteiger partial charge in [0.25, 0.3) is 0 Å². The molecule has 1 aliphatic heterocycles. The maximum Gasteiger partial charge on any atom is 0.573 e. The van der Waals surface area contributed by atoms with E-state index in [9.17, 15) is 23.1 Å². The van der Waals surface area contributed by atoms with Gasteiger partial charge in [-0.2, -0.15) is 0 Å². The Bertz CT molecular complexity index is 671. The number of piperidine rings is 1. The molecular formula is C19H24F3NO3. The zero-order valence-electron chi connectivity index (χ0n) is 15.0. The molecule has 1 heterocycles. The normalized spacial score (nSPS) is 27.2. The molecule has 2 fully saturated rings. The molecule has 0 unspecified atom stereocenters. The third-order valence-corrected chi connectivity index (χ3v) is 5.44. The van der Waals surface area contributed by atoms with Crippen molar-refractivity contribution in [1.29, 1.82) is 0 Å². The third-order valence-electron chi connectivity index (χ3n) is 5.44. The second-order valence-corrected chi connectivity index (χ2v) is 7.77. The van der Waals surface area contributed by atoms with Crippen LogP contribution in [0.5, 0.6) is 5.75 Å². The van der Waals surface area contributed by atoms with Gasteiger partial charge in [-0.05, 0) is 62.6 Å². The molecule has 1 aliphatic carbocycles. The Morgan fingerprint density at radius 2 is 1.88 bits per heavy atom. The first kappa shape index (κ1) is 19.0. The van der Waals surface area contributed by atoms with Crippen molar-refractivity contribution in [2.24, 2.45) is 5.92 Å². The third kappa shape index (κ3) is 4.31. The van der Waals surface area contributed by atoms with E-state index < -0.39 is 12.0 Å². The second kappa shape index (κ2) is 6.76. The summed E-state index contributed by atoms with van der Waals surface area (Å²) in [6.07, 6.45) is -2.28. The Kier molecular flexibility index (Phi) is 4.94. The fraction of sp³-hybridized carbons (Fsp3) is 0.632. The smallest absolute Gasteiger partial charge is 0.406 e. The van der Waals surface area contributed by atoms with Crippen LogP contribution in [0.3, 0.4) is 0 Å². The fourth-order valence-corrected chi connectivity index (χ4v) is 3.97. The van der Waals surface area contributed by atoms with E-state index in [0.29, 0.717) is 44.3 Å². The minimum Gasteiger partial charge on any atom is -0.406 e. The number of halogens is 3. The molecule has 1 N–H and O–H groups in total. The highest BCUT2D eigenvalue weighted by molar-refractivity contribution is 5.80. The van der Waals surface area contributed by atoms with Gasteiger partial charge in [0.15, 0.2) is 0 Å². The molecule has 1 saturated heterocycles. The van der Waals surface area contributed by atoms with Crippen LogP contribution >= 0.6 is 0 Å². The lowest BCUT2D eigenvalue weighted by Gasteiger charge is -2.43. The van der Waals surface area contributed by atoms with E-state index in [1.54, 1.807) is 19.9 Å². The number of hydrogen-bond acceptors (Lipinski definition) is 3. The molecule has 4 nitrogen and oxygen atoms in total. The highest BCUT2D eigenvalue weighted by atomic mass is 19.4. The summed E-state index contributed by atoms with van der Waals surface area (Å²) in [7, 11) is 0. The second-order valence-electron chi connectivity index (χ2n) is 7.77. The highest BCUT2D eigenvalue weighted by Gasteiger charge is 2.44. The van der Waals surface area contributed by atoms with Crippen LogP contribution in [0, 0.1) is 12.8 Å². The zero-order valence-corrected chi connectivity index (χ0v) is 15.0. The minimum atomic E-state index is -4.71. The molecule has 2 aliphatic rings. The van der Waals surface area contributed by atoms with Crippen LogP contribution in [0.1, 0.15) is 49.7 Å². The van der Waals surface area contributed by atoms with Gasteiger partial charge >= 0.3 is 6.36 Å². The van der Waals surface area contributed by atoms with Gasteiger partial charge in [-0.25, -0.2) is 0 Å². The van der Waals surface area contributed by atoms with Gasteiger partial charge in [0.05, 0.1) is 5.60 Å². The van der Waals surface area contributed by atoms with Gasteiger partial charge < -0.3 is 14.7 Å². The van der Waals surface area contributed by atoms with Gasteiger partial charge in [0.1, 0.15) is 5.75 Å². The predicted octanol–water partition coefficient (Wildman–Crippen LogP) is 3.76. The average Bonchev–Trinajstić information content (AvgIpc) is 2.53. The molecule has 1 aromatic rings. The van der Waals surface area contributed by atoms with E-state index in [2.05, 4.69) is 4.74 Å². The monoisotopic (exact) mass is 371 g/mol. The van der Waals surface area contributed by atoms with Crippen LogP contribution in [-0.2, 0) is 4.79 Å². The number of rotatable bonds is 3. The number of benzene rings is 1. The Morgan fingerprint density at radius 1 is 1.27 bits per heavy atom. The van der Waals surface area contributed by atoms with Crippen LogP contribution in [0.4, 0.5) is 13.2 Å². The lowest BCUT2D eigenvalue weighted by atomic mass is 9.71. The molecule has 26 heavy (non-hydrogen) atoms. The summed E-state index contributed by atoms with van der Waals surface area (Å²) < 4.78 is 41.7. The lowest BCUT2D eigenvalue weighted by molar-refractivity contribution is -0.274. The molecule has 0 atom stereocenters. The van der Waals surface area contributed by atoms with Crippen LogP contribution in [0.15, 0.2) is 18.2 Å². The predicted molar refractivity (Wildman–Crippen MR) is 89.8 cm³/mol. The Hall–Kier alpha value is -1.76.